The molecule has 0 saturated heterocycles. The Bertz CT molecular complexity index is 411. The Labute approximate surface area is 88.3 Å². The molecule has 1 aromatic heterocycles. The zero-order valence-electron chi connectivity index (χ0n) is 8.20. The third kappa shape index (κ3) is 2.72. The summed E-state index contributed by atoms with van der Waals surface area (Å²) < 4.78 is 23.7. The van der Waals surface area contributed by atoms with Crippen LogP contribution in [0.25, 0.3) is 0 Å². The predicted octanol–water partition coefficient (Wildman–Crippen LogP) is 1.92. The van der Waals surface area contributed by atoms with Crippen LogP contribution in [0.3, 0.4) is 0 Å². The Morgan fingerprint density at radius 2 is 2.21 bits per heavy atom. The van der Waals surface area contributed by atoms with Gasteiger partial charge in [-0.15, -0.1) is 0 Å². The first-order chi connectivity index (χ1) is 6.45. The van der Waals surface area contributed by atoms with Crippen LogP contribution in [0.15, 0.2) is 11.1 Å². The van der Waals surface area contributed by atoms with Gasteiger partial charge in [-0.25, -0.2) is 8.42 Å². The van der Waals surface area contributed by atoms with Crippen LogP contribution in [-0.4, -0.2) is 18.2 Å². The largest absolute Gasteiger partial charge is 0.278 e. The molecule has 0 aliphatic heterocycles. The Morgan fingerprint density at radius 3 is 2.71 bits per heavy atom. The van der Waals surface area contributed by atoms with E-state index in [9.17, 15) is 8.42 Å². The van der Waals surface area contributed by atoms with Crippen molar-refractivity contribution in [1.82, 2.24) is 9.78 Å². The van der Waals surface area contributed by atoms with Crippen LogP contribution in [0.5, 0.6) is 0 Å². The van der Waals surface area contributed by atoms with Crippen LogP contribution >= 0.6 is 10.7 Å². The average molecular weight is 237 g/mol. The number of rotatable bonds is 4. The van der Waals surface area contributed by atoms with Gasteiger partial charge < -0.3 is 0 Å². The molecular weight excluding hydrogens is 224 g/mol. The first-order valence-electron chi connectivity index (χ1n) is 4.44. The van der Waals surface area contributed by atoms with Crippen LogP contribution in [0.2, 0.25) is 0 Å². The summed E-state index contributed by atoms with van der Waals surface area (Å²) in [5, 5.41) is 4.16. The standard InChI is InChI=1S/C8H13ClN2O2S/c1-3-4-5-11-8(14(9,12)13)6-7(2)10-11/h6H,3-5H2,1-2H3. The van der Waals surface area contributed by atoms with Crippen molar-refractivity contribution in [2.75, 3.05) is 0 Å². The molecular formula is C8H13ClN2O2S. The number of hydrogen-bond acceptors (Lipinski definition) is 3. The highest BCUT2D eigenvalue weighted by atomic mass is 35.7. The van der Waals surface area contributed by atoms with Crippen LogP contribution in [0.1, 0.15) is 25.5 Å². The fourth-order valence-corrected chi connectivity index (χ4v) is 2.25. The highest BCUT2D eigenvalue weighted by Crippen LogP contribution is 2.16. The summed E-state index contributed by atoms with van der Waals surface area (Å²) >= 11 is 0. The van der Waals surface area contributed by atoms with Gasteiger partial charge in [-0.2, -0.15) is 5.10 Å². The zero-order valence-corrected chi connectivity index (χ0v) is 9.77. The van der Waals surface area contributed by atoms with Crippen molar-refractivity contribution in [3.63, 3.8) is 0 Å². The van der Waals surface area contributed by atoms with Crippen molar-refractivity contribution in [2.45, 2.75) is 38.3 Å². The Balaban J connectivity index is 3.04. The van der Waals surface area contributed by atoms with E-state index in [0.29, 0.717) is 12.2 Å². The summed E-state index contributed by atoms with van der Waals surface area (Å²) in [6.45, 7) is 4.37. The van der Waals surface area contributed by atoms with Gasteiger partial charge in [0.15, 0.2) is 5.03 Å². The molecule has 0 saturated carbocycles. The van der Waals surface area contributed by atoms with Crippen LogP contribution in [0.4, 0.5) is 0 Å². The van der Waals surface area contributed by atoms with E-state index < -0.39 is 9.05 Å². The smallest absolute Gasteiger partial charge is 0.253 e. The molecule has 14 heavy (non-hydrogen) atoms. The first-order valence-corrected chi connectivity index (χ1v) is 6.75. The van der Waals surface area contributed by atoms with Crippen molar-refractivity contribution in [3.05, 3.63) is 11.8 Å². The van der Waals surface area contributed by atoms with Gasteiger partial charge in [-0.1, -0.05) is 13.3 Å². The maximum absolute atomic E-state index is 11.1. The summed E-state index contributed by atoms with van der Waals surface area (Å²) in [5.41, 5.74) is 0.667. The number of nitrogens with zero attached hydrogens (tertiary/aromatic N) is 2. The minimum Gasteiger partial charge on any atom is -0.253 e. The summed E-state index contributed by atoms with van der Waals surface area (Å²) in [6, 6.07) is 1.48. The zero-order chi connectivity index (χ0) is 10.8. The molecule has 0 fully saturated rings. The Morgan fingerprint density at radius 1 is 1.57 bits per heavy atom. The lowest BCUT2D eigenvalue weighted by Gasteiger charge is -2.02. The van der Waals surface area contributed by atoms with E-state index in [-0.39, 0.29) is 5.03 Å². The molecule has 0 bridgehead atoms. The molecule has 1 heterocycles. The van der Waals surface area contributed by atoms with E-state index in [1.807, 2.05) is 6.92 Å². The molecule has 80 valence electrons. The van der Waals surface area contributed by atoms with Gasteiger partial charge >= 0.3 is 0 Å². The molecule has 0 aliphatic rings. The minimum atomic E-state index is -3.67. The summed E-state index contributed by atoms with van der Waals surface area (Å²) in [7, 11) is 1.60. The van der Waals surface area contributed by atoms with E-state index in [2.05, 4.69) is 5.10 Å². The highest BCUT2D eigenvalue weighted by molar-refractivity contribution is 8.13. The van der Waals surface area contributed by atoms with E-state index in [4.69, 9.17) is 10.7 Å². The number of unbranched alkanes of at least 4 members (excludes halogenated alkanes) is 1. The molecule has 1 aromatic rings. The van der Waals surface area contributed by atoms with Crippen molar-refractivity contribution in [1.29, 1.82) is 0 Å². The van der Waals surface area contributed by atoms with E-state index in [1.54, 1.807) is 6.92 Å². The molecule has 0 aliphatic carbocycles. The molecule has 0 aromatic carbocycles. The van der Waals surface area contributed by atoms with Crippen molar-refractivity contribution in [3.8, 4) is 0 Å². The van der Waals surface area contributed by atoms with Crippen LogP contribution in [0, 0.1) is 6.92 Å². The van der Waals surface area contributed by atoms with Gasteiger partial charge in [0.25, 0.3) is 9.05 Å². The second-order valence-corrected chi connectivity index (χ2v) is 5.65. The molecule has 1 rings (SSSR count). The van der Waals surface area contributed by atoms with Gasteiger partial charge in [0, 0.05) is 17.2 Å². The molecule has 0 spiro atoms. The highest BCUT2D eigenvalue weighted by Gasteiger charge is 2.17. The van der Waals surface area contributed by atoms with Crippen molar-refractivity contribution >= 4 is 19.7 Å². The van der Waals surface area contributed by atoms with Gasteiger partial charge in [-0.05, 0) is 19.4 Å². The third-order valence-corrected chi connectivity index (χ3v) is 3.14. The minimum absolute atomic E-state index is 0.0881. The van der Waals surface area contributed by atoms with E-state index in [0.717, 1.165) is 12.8 Å². The number of aryl methyl sites for hydroxylation is 2. The predicted molar refractivity (Wildman–Crippen MR) is 54.9 cm³/mol. The first kappa shape index (κ1) is 11.5. The molecule has 0 atom stereocenters. The number of halogens is 1. The average Bonchev–Trinajstić information content (AvgIpc) is 2.42. The lowest BCUT2D eigenvalue weighted by molar-refractivity contribution is 0.517. The quantitative estimate of drug-likeness (QED) is 0.751. The summed E-state index contributed by atoms with van der Waals surface area (Å²) in [6.07, 6.45) is 1.88. The molecule has 0 N–H and O–H groups in total. The van der Waals surface area contributed by atoms with Crippen molar-refractivity contribution < 1.29 is 8.42 Å². The van der Waals surface area contributed by atoms with Crippen LogP contribution < -0.4 is 0 Å². The molecule has 6 heteroatoms. The molecule has 0 radical (unpaired) electrons. The van der Waals surface area contributed by atoms with Crippen LogP contribution in [-0.2, 0) is 15.6 Å². The molecule has 4 nitrogen and oxygen atoms in total. The summed E-state index contributed by atoms with van der Waals surface area (Å²) in [4.78, 5) is 0. The number of hydrogen-bond donors (Lipinski definition) is 0. The fraction of sp³-hybridized carbons (Fsp3) is 0.625. The third-order valence-electron chi connectivity index (χ3n) is 1.84. The Hall–Kier alpha value is -0.550. The van der Waals surface area contributed by atoms with Gasteiger partial charge in [0.2, 0.25) is 0 Å². The lowest BCUT2D eigenvalue weighted by Crippen LogP contribution is -2.07. The van der Waals surface area contributed by atoms with E-state index in [1.165, 1.54) is 10.7 Å². The second-order valence-electron chi connectivity index (χ2n) is 3.14. The SMILES string of the molecule is CCCCn1nc(C)cc1S(=O)(=O)Cl. The number of aromatic nitrogens is 2. The van der Waals surface area contributed by atoms with E-state index >= 15 is 0 Å². The fourth-order valence-electron chi connectivity index (χ4n) is 1.19. The molecule has 0 amide bonds. The molecule has 0 unspecified atom stereocenters. The normalized spacial score (nSPS) is 11.9. The van der Waals surface area contributed by atoms with Crippen molar-refractivity contribution in [2.24, 2.45) is 0 Å². The van der Waals surface area contributed by atoms with Gasteiger partial charge in [0.05, 0.1) is 5.69 Å². The van der Waals surface area contributed by atoms with Gasteiger partial charge in [-0.3, -0.25) is 4.68 Å². The lowest BCUT2D eigenvalue weighted by atomic mass is 10.3. The van der Waals surface area contributed by atoms with Gasteiger partial charge in [0.1, 0.15) is 0 Å². The maximum Gasteiger partial charge on any atom is 0.278 e. The summed E-state index contributed by atoms with van der Waals surface area (Å²) in [5.74, 6) is 0. The second kappa shape index (κ2) is 4.31. The Kier molecular flexibility index (Phi) is 3.55. The topological polar surface area (TPSA) is 52.0 Å². The maximum atomic E-state index is 11.1. The monoisotopic (exact) mass is 236 g/mol.